The Kier molecular flexibility index (Phi) is 5.27. The van der Waals surface area contributed by atoms with E-state index in [2.05, 4.69) is 54.1 Å². The Morgan fingerprint density at radius 2 is 1.94 bits per heavy atom. The molecule has 2 N–H and O–H groups in total. The highest BCUT2D eigenvalue weighted by atomic mass is 35.5. The number of hydrogen-bond acceptors (Lipinski definition) is 7. The number of imidazole rings is 1. The summed E-state index contributed by atoms with van der Waals surface area (Å²) in [7, 11) is 0. The van der Waals surface area contributed by atoms with E-state index in [-0.39, 0.29) is 6.04 Å². The number of pyridine rings is 1. The van der Waals surface area contributed by atoms with Gasteiger partial charge in [0.15, 0.2) is 11.5 Å². The lowest BCUT2D eigenvalue weighted by Gasteiger charge is -2.44. The summed E-state index contributed by atoms with van der Waals surface area (Å²) in [4.78, 5) is 26.0. The number of hydrogen-bond donors (Lipinski definition) is 2. The van der Waals surface area contributed by atoms with Crippen LogP contribution in [0.15, 0.2) is 37.1 Å². The first-order valence-corrected chi connectivity index (χ1v) is 12.0. The van der Waals surface area contributed by atoms with Crippen molar-refractivity contribution in [3.63, 3.8) is 0 Å². The van der Waals surface area contributed by atoms with Crippen molar-refractivity contribution < 1.29 is 0 Å². The molecule has 1 aliphatic carbocycles. The molecule has 4 heterocycles. The summed E-state index contributed by atoms with van der Waals surface area (Å²) in [5.41, 5.74) is 4.68. The van der Waals surface area contributed by atoms with Gasteiger partial charge >= 0.3 is 0 Å². The van der Waals surface area contributed by atoms with Crippen LogP contribution in [0, 0.1) is 0 Å². The van der Waals surface area contributed by atoms with Crippen molar-refractivity contribution in [2.24, 2.45) is 0 Å². The highest BCUT2D eigenvalue weighted by Crippen LogP contribution is 2.39. The van der Waals surface area contributed by atoms with Crippen molar-refractivity contribution in [3.8, 4) is 0 Å². The number of benzene rings is 1. The number of nitrogens with one attached hydrogen (secondary N) is 2. The second-order valence-electron chi connectivity index (χ2n) is 8.99. The number of aromatic amines is 1. The molecule has 2 fully saturated rings. The summed E-state index contributed by atoms with van der Waals surface area (Å²) in [5.74, 6) is 0.701. The van der Waals surface area contributed by atoms with Crippen LogP contribution >= 0.6 is 11.6 Å². The van der Waals surface area contributed by atoms with Crippen molar-refractivity contribution in [2.45, 2.75) is 38.3 Å². The molecule has 170 valence electrons. The van der Waals surface area contributed by atoms with Gasteiger partial charge in [0.2, 0.25) is 0 Å². The number of nitrogens with zero attached hydrogens (tertiary/aromatic N) is 6. The Morgan fingerprint density at radius 1 is 1.09 bits per heavy atom. The van der Waals surface area contributed by atoms with Crippen LogP contribution in [0.4, 0.5) is 11.5 Å². The van der Waals surface area contributed by atoms with Crippen molar-refractivity contribution in [1.82, 2.24) is 29.8 Å². The first-order chi connectivity index (χ1) is 16.2. The number of halogens is 1. The van der Waals surface area contributed by atoms with E-state index in [1.54, 1.807) is 12.7 Å². The molecule has 1 aromatic carbocycles. The molecule has 3 aromatic heterocycles. The molecule has 1 saturated heterocycles. The van der Waals surface area contributed by atoms with Crippen LogP contribution in [0.3, 0.4) is 0 Å². The van der Waals surface area contributed by atoms with Gasteiger partial charge < -0.3 is 15.2 Å². The molecule has 0 amide bonds. The monoisotopic (exact) mass is 462 g/mol. The highest BCUT2D eigenvalue weighted by molar-refractivity contribution is 6.36. The Bertz CT molecular complexity index is 1290. The lowest BCUT2D eigenvalue weighted by atomic mass is 9.91. The van der Waals surface area contributed by atoms with Crippen LogP contribution in [0.1, 0.15) is 37.8 Å². The quantitative estimate of drug-likeness (QED) is 0.454. The van der Waals surface area contributed by atoms with Crippen LogP contribution in [-0.4, -0.2) is 62.0 Å². The van der Waals surface area contributed by atoms with Crippen LogP contribution in [-0.2, 0) is 0 Å². The minimum absolute atomic E-state index is 0.0524. The van der Waals surface area contributed by atoms with Crippen LogP contribution in [0.25, 0.3) is 22.1 Å². The first kappa shape index (κ1) is 20.6. The minimum atomic E-state index is -0.0524. The minimum Gasteiger partial charge on any atom is -0.367 e. The third-order valence-electron chi connectivity index (χ3n) is 7.10. The average Bonchev–Trinajstić information content (AvgIpc) is 3.29. The fraction of sp³-hybridized carbons (Fsp3) is 0.417. The average molecular weight is 463 g/mol. The van der Waals surface area contributed by atoms with E-state index in [4.69, 9.17) is 16.6 Å². The predicted molar refractivity (Wildman–Crippen MR) is 132 cm³/mol. The van der Waals surface area contributed by atoms with Gasteiger partial charge in [-0.25, -0.2) is 15.0 Å². The molecule has 0 spiro atoms. The molecule has 1 saturated carbocycles. The lowest BCUT2D eigenvalue weighted by Crippen LogP contribution is -2.52. The molecule has 1 atom stereocenters. The molecule has 9 heteroatoms. The van der Waals surface area contributed by atoms with Crippen molar-refractivity contribution in [2.75, 3.05) is 36.4 Å². The number of H-pyrrole nitrogens is 1. The van der Waals surface area contributed by atoms with E-state index in [0.717, 1.165) is 59.9 Å². The van der Waals surface area contributed by atoms with Crippen molar-refractivity contribution >= 4 is 45.2 Å². The number of fused-ring (bicyclic) bond motifs is 2. The first-order valence-electron chi connectivity index (χ1n) is 11.7. The zero-order valence-electron chi connectivity index (χ0n) is 18.6. The summed E-state index contributed by atoms with van der Waals surface area (Å²) < 4.78 is 0. The molecular formula is C24H27ClN8. The molecule has 6 rings (SSSR count). The molecule has 4 aromatic rings. The Balaban J connectivity index is 1.37. The SMILES string of the molecule is CC(Nc1ncnc2[nH]cnc12)c1cc(Cl)c2cccnc2c1N1CCN(C2CCC2)CC1. The smallest absolute Gasteiger partial charge is 0.162 e. The maximum Gasteiger partial charge on any atom is 0.162 e. The number of piperazine rings is 1. The Morgan fingerprint density at radius 3 is 2.73 bits per heavy atom. The third kappa shape index (κ3) is 3.67. The lowest BCUT2D eigenvalue weighted by molar-refractivity contribution is 0.120. The number of rotatable bonds is 5. The van der Waals surface area contributed by atoms with Gasteiger partial charge in [0.25, 0.3) is 0 Å². The van der Waals surface area contributed by atoms with Crippen molar-refractivity contribution in [1.29, 1.82) is 0 Å². The van der Waals surface area contributed by atoms with Gasteiger partial charge in [0, 0.05) is 49.4 Å². The fourth-order valence-electron chi connectivity index (χ4n) is 5.08. The fourth-order valence-corrected chi connectivity index (χ4v) is 5.35. The molecule has 8 nitrogen and oxygen atoms in total. The van der Waals surface area contributed by atoms with Crippen molar-refractivity contribution in [3.05, 3.63) is 47.6 Å². The Labute approximate surface area is 197 Å². The second-order valence-corrected chi connectivity index (χ2v) is 9.40. The third-order valence-corrected chi connectivity index (χ3v) is 7.42. The van der Waals surface area contributed by atoms with Crippen LogP contribution < -0.4 is 10.2 Å². The van der Waals surface area contributed by atoms with Gasteiger partial charge in [-0.1, -0.05) is 18.0 Å². The summed E-state index contributed by atoms with van der Waals surface area (Å²) in [6.45, 7) is 6.28. The molecule has 0 bridgehead atoms. The zero-order chi connectivity index (χ0) is 22.4. The van der Waals surface area contributed by atoms with E-state index in [1.165, 1.54) is 19.3 Å². The summed E-state index contributed by atoms with van der Waals surface area (Å²) in [6.07, 6.45) is 9.10. The normalized spacial score (nSPS) is 18.5. The van der Waals surface area contributed by atoms with E-state index >= 15 is 0 Å². The van der Waals surface area contributed by atoms with Crippen LogP contribution in [0.2, 0.25) is 5.02 Å². The topological polar surface area (TPSA) is 85.9 Å². The number of aromatic nitrogens is 5. The molecular weight excluding hydrogens is 436 g/mol. The summed E-state index contributed by atoms with van der Waals surface area (Å²) in [6, 6.07) is 6.81. The predicted octanol–water partition coefficient (Wildman–Crippen LogP) is 4.40. The molecule has 1 unspecified atom stereocenters. The standard InChI is InChI=1S/C24H27ClN8/c1-15(31-24-21-23(28-13-27-21)29-14-30-24)18-12-19(25)17-6-3-7-26-20(17)22(18)33-10-8-32(9-11-33)16-4-2-5-16/h3,6-7,12-16H,2,4-5,8-11H2,1H3,(H2,27,28,29,30,31). The van der Waals surface area contributed by atoms with Crippen LogP contribution in [0.5, 0.6) is 0 Å². The van der Waals surface area contributed by atoms with Gasteiger partial charge in [-0.15, -0.1) is 0 Å². The van der Waals surface area contributed by atoms with E-state index in [1.807, 2.05) is 12.3 Å². The van der Waals surface area contributed by atoms with Gasteiger partial charge in [0.05, 0.1) is 28.6 Å². The van der Waals surface area contributed by atoms with E-state index < -0.39 is 0 Å². The number of anilines is 2. The van der Waals surface area contributed by atoms with E-state index in [9.17, 15) is 0 Å². The van der Waals surface area contributed by atoms with E-state index in [0.29, 0.717) is 16.5 Å². The molecule has 1 aliphatic heterocycles. The maximum absolute atomic E-state index is 6.75. The molecule has 0 radical (unpaired) electrons. The molecule has 33 heavy (non-hydrogen) atoms. The summed E-state index contributed by atoms with van der Waals surface area (Å²) >= 11 is 6.75. The van der Waals surface area contributed by atoms with Gasteiger partial charge in [-0.05, 0) is 38.0 Å². The van der Waals surface area contributed by atoms with Gasteiger partial charge in [0.1, 0.15) is 11.8 Å². The maximum atomic E-state index is 6.75. The van der Waals surface area contributed by atoms with Gasteiger partial charge in [-0.2, -0.15) is 0 Å². The largest absolute Gasteiger partial charge is 0.367 e. The highest BCUT2D eigenvalue weighted by Gasteiger charge is 2.30. The summed E-state index contributed by atoms with van der Waals surface area (Å²) in [5, 5.41) is 5.25. The zero-order valence-corrected chi connectivity index (χ0v) is 19.4. The molecule has 2 aliphatic rings. The van der Waals surface area contributed by atoms with Gasteiger partial charge in [-0.3, -0.25) is 9.88 Å². The Hall–Kier alpha value is -2.97. The second kappa shape index (κ2) is 8.43.